The van der Waals surface area contributed by atoms with Gasteiger partial charge >= 0.3 is 17.9 Å². The monoisotopic (exact) mass is 873 g/mol. The Bertz CT molecular complexity index is 1330. The van der Waals surface area contributed by atoms with Gasteiger partial charge in [-0.1, -0.05) is 226 Å². The molecule has 1 atom stereocenters. The van der Waals surface area contributed by atoms with E-state index in [4.69, 9.17) is 14.2 Å². The lowest BCUT2D eigenvalue weighted by atomic mass is 10.1. The van der Waals surface area contributed by atoms with E-state index >= 15 is 0 Å². The molecular formula is C57H92O6. The van der Waals surface area contributed by atoms with Gasteiger partial charge in [0.2, 0.25) is 0 Å². The SMILES string of the molecule is CC/C=C/C=C/C=C/C=C/C=C/CCCC(=O)OCC(COC(=O)CCCCCCCCC/C=C/CCCCCCCC)OC(=O)CCCCCCCCC/C=C/C=C/C=C/CC. The summed E-state index contributed by atoms with van der Waals surface area (Å²) in [4.78, 5) is 37.9. The summed E-state index contributed by atoms with van der Waals surface area (Å²) in [5.41, 5.74) is 0. The summed E-state index contributed by atoms with van der Waals surface area (Å²) < 4.78 is 16.7. The van der Waals surface area contributed by atoms with Crippen LogP contribution in [-0.2, 0) is 28.6 Å². The van der Waals surface area contributed by atoms with E-state index in [9.17, 15) is 14.4 Å². The zero-order valence-corrected chi connectivity index (χ0v) is 40.5. The molecule has 0 aromatic heterocycles. The minimum Gasteiger partial charge on any atom is -0.462 e. The molecule has 0 amide bonds. The van der Waals surface area contributed by atoms with Gasteiger partial charge in [0, 0.05) is 19.3 Å². The fraction of sp³-hybridized carbons (Fsp3) is 0.632. The van der Waals surface area contributed by atoms with Crippen molar-refractivity contribution in [2.45, 2.75) is 219 Å². The second-order valence-electron chi connectivity index (χ2n) is 16.5. The zero-order valence-electron chi connectivity index (χ0n) is 40.5. The van der Waals surface area contributed by atoms with Crippen molar-refractivity contribution in [3.8, 4) is 0 Å². The van der Waals surface area contributed by atoms with E-state index in [0.717, 1.165) is 70.6 Å². The molecule has 0 bridgehead atoms. The Morgan fingerprint density at radius 3 is 1.08 bits per heavy atom. The molecule has 6 heteroatoms. The first-order chi connectivity index (χ1) is 31.0. The van der Waals surface area contributed by atoms with E-state index < -0.39 is 6.10 Å². The maximum atomic E-state index is 12.8. The third kappa shape index (κ3) is 49.0. The van der Waals surface area contributed by atoms with Gasteiger partial charge in [0.15, 0.2) is 6.10 Å². The Balaban J connectivity index is 4.50. The molecule has 0 fully saturated rings. The van der Waals surface area contributed by atoms with Gasteiger partial charge in [-0.3, -0.25) is 14.4 Å². The van der Waals surface area contributed by atoms with Crippen molar-refractivity contribution in [3.63, 3.8) is 0 Å². The highest BCUT2D eigenvalue weighted by atomic mass is 16.6. The van der Waals surface area contributed by atoms with Crippen LogP contribution in [0.5, 0.6) is 0 Å². The Morgan fingerprint density at radius 2 is 0.651 bits per heavy atom. The van der Waals surface area contributed by atoms with Gasteiger partial charge in [-0.05, 0) is 77.0 Å². The number of carbonyl (C=O) groups excluding carboxylic acids is 3. The van der Waals surface area contributed by atoms with Gasteiger partial charge in [-0.2, -0.15) is 0 Å². The first-order valence-corrected chi connectivity index (χ1v) is 25.5. The van der Waals surface area contributed by atoms with E-state index in [0.29, 0.717) is 19.3 Å². The molecule has 63 heavy (non-hydrogen) atoms. The van der Waals surface area contributed by atoms with E-state index in [1.54, 1.807) is 0 Å². The van der Waals surface area contributed by atoms with Crippen molar-refractivity contribution in [2.75, 3.05) is 13.2 Å². The zero-order chi connectivity index (χ0) is 45.8. The van der Waals surface area contributed by atoms with Crippen LogP contribution in [0.4, 0.5) is 0 Å². The molecule has 0 aliphatic carbocycles. The highest BCUT2D eigenvalue weighted by molar-refractivity contribution is 5.71. The fourth-order valence-electron chi connectivity index (χ4n) is 6.64. The van der Waals surface area contributed by atoms with Gasteiger partial charge in [0.1, 0.15) is 13.2 Å². The Labute approximate surface area is 387 Å². The van der Waals surface area contributed by atoms with Crippen LogP contribution >= 0.6 is 0 Å². The van der Waals surface area contributed by atoms with Crippen LogP contribution in [0, 0.1) is 0 Å². The topological polar surface area (TPSA) is 78.9 Å². The number of unbranched alkanes of at least 4 members (excludes halogenated alkanes) is 21. The number of esters is 3. The molecule has 6 nitrogen and oxygen atoms in total. The quantitative estimate of drug-likeness (QED) is 0.0199. The lowest BCUT2D eigenvalue weighted by Crippen LogP contribution is -2.30. The number of hydrogen-bond donors (Lipinski definition) is 0. The number of rotatable bonds is 44. The predicted molar refractivity (Wildman–Crippen MR) is 270 cm³/mol. The second-order valence-corrected chi connectivity index (χ2v) is 16.5. The number of carbonyl (C=O) groups is 3. The molecule has 356 valence electrons. The van der Waals surface area contributed by atoms with E-state index in [2.05, 4.69) is 75.5 Å². The molecule has 0 aromatic rings. The predicted octanol–water partition coefficient (Wildman–Crippen LogP) is 16.8. The van der Waals surface area contributed by atoms with Crippen molar-refractivity contribution < 1.29 is 28.6 Å². The summed E-state index contributed by atoms with van der Waals surface area (Å²) in [5.74, 6) is -1.01. The summed E-state index contributed by atoms with van der Waals surface area (Å²) in [6.07, 6.45) is 67.9. The van der Waals surface area contributed by atoms with Crippen molar-refractivity contribution in [1.29, 1.82) is 0 Å². The minimum absolute atomic E-state index is 0.110. The minimum atomic E-state index is -0.816. The number of ether oxygens (including phenoxy) is 3. The average Bonchev–Trinajstić information content (AvgIpc) is 3.28. The average molecular weight is 873 g/mol. The molecule has 1 unspecified atom stereocenters. The fourth-order valence-corrected chi connectivity index (χ4v) is 6.64. The van der Waals surface area contributed by atoms with Crippen molar-refractivity contribution in [2.24, 2.45) is 0 Å². The highest BCUT2D eigenvalue weighted by Crippen LogP contribution is 2.14. The van der Waals surface area contributed by atoms with E-state index in [1.807, 2.05) is 54.7 Å². The molecule has 0 aliphatic rings. The van der Waals surface area contributed by atoms with Crippen LogP contribution < -0.4 is 0 Å². The van der Waals surface area contributed by atoms with Crippen LogP contribution in [0.2, 0.25) is 0 Å². The van der Waals surface area contributed by atoms with E-state index in [-0.39, 0.29) is 37.5 Å². The lowest BCUT2D eigenvalue weighted by molar-refractivity contribution is -0.167. The second kappa shape index (κ2) is 50.7. The molecule has 0 N–H and O–H groups in total. The first-order valence-electron chi connectivity index (χ1n) is 25.5. The van der Waals surface area contributed by atoms with Crippen LogP contribution in [0.25, 0.3) is 0 Å². The maximum absolute atomic E-state index is 12.8. The summed E-state index contributed by atoms with van der Waals surface area (Å²) >= 11 is 0. The summed E-state index contributed by atoms with van der Waals surface area (Å²) in [6.45, 7) is 6.27. The molecular weight excluding hydrogens is 781 g/mol. The number of hydrogen-bond acceptors (Lipinski definition) is 6. The third-order valence-corrected chi connectivity index (χ3v) is 10.4. The van der Waals surface area contributed by atoms with Gasteiger partial charge in [-0.25, -0.2) is 0 Å². The number of allylic oxidation sites excluding steroid dienone is 18. The largest absolute Gasteiger partial charge is 0.462 e. The van der Waals surface area contributed by atoms with Gasteiger partial charge in [-0.15, -0.1) is 0 Å². The van der Waals surface area contributed by atoms with Gasteiger partial charge in [0.25, 0.3) is 0 Å². The van der Waals surface area contributed by atoms with Crippen molar-refractivity contribution in [1.82, 2.24) is 0 Å². The third-order valence-electron chi connectivity index (χ3n) is 10.4. The standard InChI is InChI=1S/C57H92O6/c1-4-7-10-13-16-19-22-25-27-28-30-32-35-38-41-44-47-50-56(59)62-53-54(52-61-55(58)49-46-43-40-37-34-31-24-21-18-15-12-9-6-3)63-57(60)51-48-45-42-39-36-33-29-26-23-20-17-14-11-8-5-2/h8-9,11-12,14-15,17-18,20-21,23-25,27,31,34,37,40,54H,4-7,10,13,16,19,22,26,28-30,32-33,35-36,38-39,41-53H2,1-3H3/b11-8+,12-9+,17-14+,18-15+,23-20+,24-21+,27-25+,34-31+,40-37+. The molecule has 0 rings (SSSR count). The normalized spacial score (nSPS) is 13.0. The van der Waals surface area contributed by atoms with Crippen molar-refractivity contribution in [3.05, 3.63) is 109 Å². The van der Waals surface area contributed by atoms with Crippen LogP contribution in [0.1, 0.15) is 213 Å². The van der Waals surface area contributed by atoms with E-state index in [1.165, 1.54) is 96.3 Å². The summed E-state index contributed by atoms with van der Waals surface area (Å²) in [5, 5.41) is 0. The summed E-state index contributed by atoms with van der Waals surface area (Å²) in [6, 6.07) is 0. The van der Waals surface area contributed by atoms with Gasteiger partial charge in [0.05, 0.1) is 0 Å². The molecule has 0 saturated carbocycles. The Morgan fingerprint density at radius 1 is 0.333 bits per heavy atom. The molecule has 0 aromatic carbocycles. The highest BCUT2D eigenvalue weighted by Gasteiger charge is 2.19. The van der Waals surface area contributed by atoms with Crippen LogP contribution in [0.3, 0.4) is 0 Å². The smallest absolute Gasteiger partial charge is 0.306 e. The Hall–Kier alpha value is -3.93. The summed E-state index contributed by atoms with van der Waals surface area (Å²) in [7, 11) is 0. The lowest BCUT2D eigenvalue weighted by Gasteiger charge is -2.18. The van der Waals surface area contributed by atoms with Gasteiger partial charge < -0.3 is 14.2 Å². The molecule has 0 spiro atoms. The Kier molecular flexibility index (Phi) is 47.5. The molecule has 0 saturated heterocycles. The molecule has 0 radical (unpaired) electrons. The van der Waals surface area contributed by atoms with Crippen LogP contribution in [-0.4, -0.2) is 37.2 Å². The van der Waals surface area contributed by atoms with Crippen LogP contribution in [0.15, 0.2) is 109 Å². The molecule has 0 aliphatic heterocycles. The molecule has 0 heterocycles. The van der Waals surface area contributed by atoms with Crippen molar-refractivity contribution >= 4 is 17.9 Å². The maximum Gasteiger partial charge on any atom is 0.306 e. The first kappa shape index (κ1) is 59.1.